The molecule has 0 aliphatic heterocycles. The Hall–Kier alpha value is -6.29. The Morgan fingerprint density at radius 2 is 0.781 bits per heavy atom. The third-order valence-corrected chi connectivity index (χ3v) is 14.2. The van der Waals surface area contributed by atoms with Crippen molar-refractivity contribution in [3.63, 3.8) is 0 Å². The molecule has 0 radical (unpaired) electrons. The number of aromatic nitrogens is 2. The van der Waals surface area contributed by atoms with Gasteiger partial charge in [-0.1, -0.05) is 209 Å². The third kappa shape index (κ3) is 7.24. The zero-order chi connectivity index (χ0) is 43.5. The monoisotopic (exact) mass is 896 g/mol. The fraction of sp³-hybridized carbons (Fsp3) is 0.197. The van der Waals surface area contributed by atoms with Crippen molar-refractivity contribution >= 4 is 10.8 Å². The van der Waals surface area contributed by atoms with Crippen LogP contribution in [0.25, 0.3) is 44.7 Å². The summed E-state index contributed by atoms with van der Waals surface area (Å²) in [4.78, 5) is 0. The molecule has 0 unspecified atom stereocenters. The number of halogens is 1. The van der Waals surface area contributed by atoms with Crippen LogP contribution in [0, 0.1) is 27.7 Å². The Bertz CT molecular complexity index is 2810. The number of benzene rings is 8. The van der Waals surface area contributed by atoms with E-state index in [4.69, 9.17) is 0 Å². The van der Waals surface area contributed by atoms with Crippen molar-refractivity contribution in [1.29, 1.82) is 0 Å². The first kappa shape index (κ1) is 43.0. The SMILES string of the molecule is Cc1cc([C@H](C)c2ccccc2)c(-n2c[n+](-c3c([C@H](C)c4ccccc4)cc(C)cc3[C@H](C)c3ccccc3)c3c2-c2c(C)ccc4ccc(C)c-3c24)c([C@H](C)c2ccccc2)c1.[Br-]. The molecule has 318 valence electrons. The smallest absolute Gasteiger partial charge is 0.255 e. The maximum atomic E-state index is 2.63. The summed E-state index contributed by atoms with van der Waals surface area (Å²) < 4.78 is 5.26. The first-order chi connectivity index (χ1) is 30.6. The van der Waals surface area contributed by atoms with Crippen molar-refractivity contribution in [3.8, 4) is 33.9 Å². The lowest BCUT2D eigenvalue weighted by Crippen LogP contribution is -3.00. The highest BCUT2D eigenvalue weighted by Crippen LogP contribution is 2.52. The van der Waals surface area contributed by atoms with Gasteiger partial charge < -0.3 is 17.0 Å². The molecule has 3 heteroatoms. The fourth-order valence-electron chi connectivity index (χ4n) is 10.7. The molecule has 0 N–H and O–H groups in total. The first-order valence-corrected chi connectivity index (χ1v) is 22.8. The fourth-order valence-corrected chi connectivity index (χ4v) is 10.7. The van der Waals surface area contributed by atoms with Gasteiger partial charge in [0.25, 0.3) is 6.33 Å². The van der Waals surface area contributed by atoms with E-state index >= 15 is 0 Å². The second-order valence-electron chi connectivity index (χ2n) is 18.3. The van der Waals surface area contributed by atoms with Gasteiger partial charge in [0.2, 0.25) is 0 Å². The van der Waals surface area contributed by atoms with Crippen molar-refractivity contribution in [2.45, 2.75) is 79.1 Å². The zero-order valence-corrected chi connectivity index (χ0v) is 39.9. The lowest BCUT2D eigenvalue weighted by Gasteiger charge is -2.24. The Morgan fingerprint density at radius 3 is 1.19 bits per heavy atom. The molecule has 1 aliphatic carbocycles. The van der Waals surface area contributed by atoms with Crippen LogP contribution in [0.15, 0.2) is 176 Å². The Balaban J connectivity index is 0.00000518. The van der Waals surface area contributed by atoms with Gasteiger partial charge >= 0.3 is 0 Å². The van der Waals surface area contributed by atoms with Gasteiger partial charge in [-0.3, -0.25) is 0 Å². The zero-order valence-electron chi connectivity index (χ0n) is 38.3. The van der Waals surface area contributed by atoms with Crippen molar-refractivity contribution in [2.75, 3.05) is 0 Å². The first-order valence-electron chi connectivity index (χ1n) is 22.8. The van der Waals surface area contributed by atoms with Crippen LogP contribution in [-0.4, -0.2) is 4.57 Å². The summed E-state index contributed by atoms with van der Waals surface area (Å²) in [5, 5.41) is 2.64. The second-order valence-corrected chi connectivity index (χ2v) is 18.3. The number of hydrogen-bond acceptors (Lipinski definition) is 0. The van der Waals surface area contributed by atoms with Gasteiger partial charge in [0.1, 0.15) is 11.4 Å². The molecule has 0 spiro atoms. The van der Waals surface area contributed by atoms with Gasteiger partial charge in [-0.05, 0) is 66.5 Å². The molecule has 1 aromatic heterocycles. The lowest BCUT2D eigenvalue weighted by molar-refractivity contribution is -0.584. The van der Waals surface area contributed by atoms with E-state index in [2.05, 4.69) is 241 Å². The van der Waals surface area contributed by atoms with Crippen LogP contribution < -0.4 is 21.5 Å². The molecule has 4 atom stereocenters. The summed E-state index contributed by atoms with van der Waals surface area (Å²) in [6, 6.07) is 63.5. The molecule has 9 aromatic rings. The van der Waals surface area contributed by atoms with E-state index in [0.717, 1.165) is 0 Å². The largest absolute Gasteiger partial charge is 1.00 e. The second kappa shape index (κ2) is 17.4. The van der Waals surface area contributed by atoms with Crippen LogP contribution in [0.1, 0.15) is 118 Å². The maximum Gasteiger partial charge on any atom is 0.255 e. The van der Waals surface area contributed by atoms with Crippen molar-refractivity contribution < 1.29 is 21.5 Å². The van der Waals surface area contributed by atoms with Gasteiger partial charge in [-0.2, -0.15) is 9.13 Å². The number of nitrogens with zero attached hydrogens (tertiary/aromatic N) is 2. The Morgan fingerprint density at radius 1 is 0.422 bits per heavy atom. The summed E-state index contributed by atoms with van der Waals surface area (Å²) in [5.41, 5.74) is 23.5. The lowest BCUT2D eigenvalue weighted by atomic mass is 9.83. The Labute approximate surface area is 390 Å². The minimum Gasteiger partial charge on any atom is -1.00 e. The minimum atomic E-state index is 0. The summed E-state index contributed by atoms with van der Waals surface area (Å²) >= 11 is 0. The predicted octanol–water partition coefficient (Wildman–Crippen LogP) is 12.4. The Kier molecular flexibility index (Phi) is 11.7. The van der Waals surface area contributed by atoms with E-state index in [0.29, 0.717) is 0 Å². The average Bonchev–Trinajstić information content (AvgIpc) is 3.88. The number of aryl methyl sites for hydroxylation is 4. The molecule has 0 fully saturated rings. The molecular formula is C61H57BrN2. The quantitative estimate of drug-likeness (QED) is 0.121. The van der Waals surface area contributed by atoms with Crippen LogP contribution >= 0.6 is 0 Å². The van der Waals surface area contributed by atoms with Gasteiger partial charge in [0, 0.05) is 62.4 Å². The van der Waals surface area contributed by atoms with Crippen LogP contribution in [0.2, 0.25) is 0 Å². The molecule has 8 aromatic carbocycles. The van der Waals surface area contributed by atoms with E-state index in [-0.39, 0.29) is 40.7 Å². The molecule has 0 amide bonds. The van der Waals surface area contributed by atoms with E-state index in [1.807, 2.05) is 0 Å². The van der Waals surface area contributed by atoms with Crippen molar-refractivity contribution in [2.24, 2.45) is 0 Å². The van der Waals surface area contributed by atoms with Gasteiger partial charge in [0.15, 0.2) is 11.4 Å². The minimum absolute atomic E-state index is 0. The predicted molar refractivity (Wildman–Crippen MR) is 264 cm³/mol. The normalized spacial score (nSPS) is 13.6. The number of rotatable bonds is 10. The molecule has 10 rings (SSSR count). The molecule has 1 heterocycles. The molecule has 64 heavy (non-hydrogen) atoms. The van der Waals surface area contributed by atoms with E-state index in [1.165, 1.54) is 111 Å². The van der Waals surface area contributed by atoms with Crippen LogP contribution in [0.5, 0.6) is 0 Å². The van der Waals surface area contributed by atoms with Crippen LogP contribution in [0.3, 0.4) is 0 Å². The third-order valence-electron chi connectivity index (χ3n) is 14.2. The van der Waals surface area contributed by atoms with Crippen molar-refractivity contribution in [3.05, 3.63) is 243 Å². The molecule has 0 saturated heterocycles. The number of fused-ring (bicyclic) bond motifs is 3. The number of imidazole rings is 1. The van der Waals surface area contributed by atoms with Gasteiger partial charge in [0.05, 0.1) is 0 Å². The van der Waals surface area contributed by atoms with E-state index in [9.17, 15) is 0 Å². The summed E-state index contributed by atoms with van der Waals surface area (Å²) in [5.74, 6) is 0.550. The van der Waals surface area contributed by atoms with E-state index in [1.54, 1.807) is 0 Å². The number of hydrogen-bond donors (Lipinski definition) is 0. The standard InChI is InChI=1S/C61H57N2.BrH/c1-38-33-51(42(5)46-21-13-9-14-22-46)58(52(34-38)43(6)47-23-15-10-16-24-47)62-37-63(61-56-41(4)30-32-50-31-29-40(3)55(57(50)56)60(61)62)59-53(44(7)48-25-17-11-18-26-48)35-39(2)36-54(59)45(8)49-27-19-12-20-28-49;/h9-37,42-45H,1-8H3;1H/q+1;/p-1/t42-,43-,44-,45-;/m1./s1. The van der Waals surface area contributed by atoms with Crippen LogP contribution in [0.4, 0.5) is 0 Å². The van der Waals surface area contributed by atoms with Gasteiger partial charge in [-0.15, -0.1) is 0 Å². The highest BCUT2D eigenvalue weighted by molar-refractivity contribution is 6.15. The van der Waals surface area contributed by atoms with Crippen molar-refractivity contribution in [1.82, 2.24) is 4.57 Å². The molecule has 2 nitrogen and oxygen atoms in total. The molecular weight excluding hydrogens is 841 g/mol. The topological polar surface area (TPSA) is 8.81 Å². The maximum absolute atomic E-state index is 2.63. The van der Waals surface area contributed by atoms with Crippen LogP contribution in [-0.2, 0) is 0 Å². The molecule has 0 bridgehead atoms. The highest BCUT2D eigenvalue weighted by atomic mass is 79.9. The summed E-state index contributed by atoms with van der Waals surface area (Å²) in [7, 11) is 0. The van der Waals surface area contributed by atoms with Gasteiger partial charge in [-0.25, -0.2) is 0 Å². The summed E-state index contributed by atoms with van der Waals surface area (Å²) in [6.07, 6.45) is 2.48. The molecule has 0 saturated carbocycles. The highest BCUT2D eigenvalue weighted by Gasteiger charge is 2.42. The molecule has 1 aliphatic rings. The van der Waals surface area contributed by atoms with E-state index < -0.39 is 0 Å². The summed E-state index contributed by atoms with van der Waals surface area (Å²) in [6.45, 7) is 18.8. The average molecular weight is 898 g/mol.